The van der Waals surface area contributed by atoms with E-state index in [0.717, 1.165) is 37.3 Å². The van der Waals surface area contributed by atoms with Crippen LogP contribution in [0.15, 0.2) is 6.20 Å². The Morgan fingerprint density at radius 2 is 2.15 bits per heavy atom. The number of rotatable bonds is 1. The smallest absolute Gasteiger partial charge is 0.224 e. The molecule has 2 aromatic rings. The summed E-state index contributed by atoms with van der Waals surface area (Å²) >= 11 is 0. The number of aromatic nitrogens is 4. The van der Waals surface area contributed by atoms with Crippen molar-refractivity contribution in [3.8, 4) is 0 Å². The molecule has 2 aromatic heterocycles. The first kappa shape index (κ1) is 12.6. The van der Waals surface area contributed by atoms with E-state index >= 15 is 0 Å². The summed E-state index contributed by atoms with van der Waals surface area (Å²) in [7, 11) is 0. The van der Waals surface area contributed by atoms with Crippen LogP contribution in [0.2, 0.25) is 0 Å². The second-order valence-electron chi connectivity index (χ2n) is 4.88. The Morgan fingerprint density at radius 1 is 1.30 bits per heavy atom. The maximum Gasteiger partial charge on any atom is 0.224 e. The minimum atomic E-state index is 0.113. The second-order valence-corrected chi connectivity index (χ2v) is 4.88. The molecule has 1 aliphatic rings. The van der Waals surface area contributed by atoms with E-state index < -0.39 is 0 Å². The molecule has 0 atom stereocenters. The predicted octanol–water partition coefficient (Wildman–Crippen LogP) is -0.00630. The van der Waals surface area contributed by atoms with Crippen LogP contribution >= 0.6 is 0 Å². The van der Waals surface area contributed by atoms with Crippen molar-refractivity contribution in [2.24, 2.45) is 0 Å². The number of anilines is 2. The Bertz CT molecular complexity index is 638. The standard InChI is InChI=1S/C12H17N7O/c1-8(20)18-3-2-4-19(6-5-18)11-9-7-14-17-10(9)15-12(13)16-11/h7H,2-6H2,1H3,(H3,13,14,15,16,17). The molecule has 1 amide bonds. The number of carbonyl (C=O) groups is 1. The Kier molecular flexibility index (Phi) is 3.13. The lowest BCUT2D eigenvalue weighted by molar-refractivity contribution is -0.128. The molecule has 1 saturated heterocycles. The van der Waals surface area contributed by atoms with Gasteiger partial charge in [-0.15, -0.1) is 0 Å². The van der Waals surface area contributed by atoms with E-state index in [1.807, 2.05) is 4.90 Å². The third kappa shape index (κ3) is 2.24. The lowest BCUT2D eigenvalue weighted by Crippen LogP contribution is -2.34. The van der Waals surface area contributed by atoms with Gasteiger partial charge in [-0.05, 0) is 6.42 Å². The van der Waals surface area contributed by atoms with Gasteiger partial charge in [-0.2, -0.15) is 15.1 Å². The fraction of sp³-hybridized carbons (Fsp3) is 0.500. The van der Waals surface area contributed by atoms with Crippen LogP contribution in [0.5, 0.6) is 0 Å². The lowest BCUT2D eigenvalue weighted by atomic mass is 10.3. The molecule has 0 bridgehead atoms. The van der Waals surface area contributed by atoms with Crippen LogP contribution in [0, 0.1) is 0 Å². The van der Waals surface area contributed by atoms with Crippen LogP contribution in [0.1, 0.15) is 13.3 Å². The zero-order valence-electron chi connectivity index (χ0n) is 11.3. The van der Waals surface area contributed by atoms with Crippen LogP contribution in [0.4, 0.5) is 11.8 Å². The van der Waals surface area contributed by atoms with E-state index in [-0.39, 0.29) is 11.9 Å². The molecule has 0 spiro atoms. The van der Waals surface area contributed by atoms with Crippen LogP contribution < -0.4 is 10.6 Å². The van der Waals surface area contributed by atoms with E-state index in [0.29, 0.717) is 12.2 Å². The van der Waals surface area contributed by atoms with Crippen LogP contribution in [-0.2, 0) is 4.79 Å². The molecule has 3 heterocycles. The van der Waals surface area contributed by atoms with Gasteiger partial charge in [-0.25, -0.2) is 0 Å². The molecule has 0 aromatic carbocycles. The molecule has 0 unspecified atom stereocenters. The number of nitrogens with one attached hydrogen (secondary N) is 1. The van der Waals surface area contributed by atoms with Gasteiger partial charge < -0.3 is 15.5 Å². The summed E-state index contributed by atoms with van der Waals surface area (Å²) in [5, 5.41) is 7.66. The summed E-state index contributed by atoms with van der Waals surface area (Å²) in [4.78, 5) is 23.9. The molecule has 8 nitrogen and oxygen atoms in total. The van der Waals surface area contributed by atoms with Gasteiger partial charge in [0.25, 0.3) is 0 Å². The number of nitrogen functional groups attached to an aromatic ring is 1. The van der Waals surface area contributed by atoms with Crippen LogP contribution in [-0.4, -0.2) is 57.2 Å². The number of fused-ring (bicyclic) bond motifs is 1. The van der Waals surface area contributed by atoms with Gasteiger partial charge in [0.15, 0.2) is 5.65 Å². The Balaban J connectivity index is 1.91. The molecule has 20 heavy (non-hydrogen) atoms. The minimum absolute atomic E-state index is 0.113. The molecule has 0 saturated carbocycles. The summed E-state index contributed by atoms with van der Waals surface area (Å²) in [6.45, 7) is 4.64. The number of carbonyl (C=O) groups excluding carboxylic acids is 1. The van der Waals surface area contributed by atoms with Gasteiger partial charge in [-0.3, -0.25) is 9.89 Å². The molecule has 3 N–H and O–H groups in total. The lowest BCUT2D eigenvalue weighted by Gasteiger charge is -2.22. The Labute approximate surface area is 116 Å². The zero-order valence-corrected chi connectivity index (χ0v) is 11.3. The fourth-order valence-corrected chi connectivity index (χ4v) is 2.52. The predicted molar refractivity (Wildman–Crippen MR) is 75.2 cm³/mol. The number of hydrogen-bond acceptors (Lipinski definition) is 6. The topological polar surface area (TPSA) is 104 Å². The van der Waals surface area contributed by atoms with Crippen LogP contribution in [0.25, 0.3) is 11.0 Å². The number of amides is 1. The van der Waals surface area contributed by atoms with E-state index in [1.54, 1.807) is 13.1 Å². The van der Waals surface area contributed by atoms with E-state index in [2.05, 4.69) is 25.1 Å². The first-order valence-corrected chi connectivity index (χ1v) is 6.62. The van der Waals surface area contributed by atoms with Gasteiger partial charge in [0.2, 0.25) is 11.9 Å². The molecule has 1 fully saturated rings. The minimum Gasteiger partial charge on any atom is -0.368 e. The van der Waals surface area contributed by atoms with Crippen molar-refractivity contribution in [1.82, 2.24) is 25.1 Å². The molecule has 0 aliphatic carbocycles. The van der Waals surface area contributed by atoms with Gasteiger partial charge >= 0.3 is 0 Å². The molecule has 0 radical (unpaired) electrons. The summed E-state index contributed by atoms with van der Waals surface area (Å²) in [5.41, 5.74) is 6.38. The number of nitrogens with zero attached hydrogens (tertiary/aromatic N) is 5. The van der Waals surface area contributed by atoms with Crippen molar-refractivity contribution < 1.29 is 4.79 Å². The molecule has 1 aliphatic heterocycles. The first-order chi connectivity index (χ1) is 9.65. The third-order valence-electron chi connectivity index (χ3n) is 3.55. The fourth-order valence-electron chi connectivity index (χ4n) is 2.52. The van der Waals surface area contributed by atoms with E-state index in [9.17, 15) is 4.79 Å². The van der Waals surface area contributed by atoms with Crippen LogP contribution in [0.3, 0.4) is 0 Å². The largest absolute Gasteiger partial charge is 0.368 e. The molecule has 8 heteroatoms. The molecular weight excluding hydrogens is 258 g/mol. The van der Waals surface area contributed by atoms with Gasteiger partial charge in [0.05, 0.1) is 11.6 Å². The second kappa shape index (κ2) is 4.95. The van der Waals surface area contributed by atoms with Crippen molar-refractivity contribution in [3.63, 3.8) is 0 Å². The number of nitrogens with two attached hydrogens (primary N) is 1. The van der Waals surface area contributed by atoms with Gasteiger partial charge in [0, 0.05) is 33.1 Å². The summed E-state index contributed by atoms with van der Waals surface area (Å²) in [5.74, 6) is 1.12. The van der Waals surface area contributed by atoms with Gasteiger partial charge in [-0.1, -0.05) is 0 Å². The van der Waals surface area contributed by atoms with Crippen molar-refractivity contribution >= 4 is 28.7 Å². The number of aromatic amines is 1. The van der Waals surface area contributed by atoms with E-state index in [1.165, 1.54) is 0 Å². The average molecular weight is 275 g/mol. The monoisotopic (exact) mass is 275 g/mol. The molecular formula is C12H17N7O. The van der Waals surface area contributed by atoms with Crippen molar-refractivity contribution in [2.45, 2.75) is 13.3 Å². The maximum absolute atomic E-state index is 11.5. The van der Waals surface area contributed by atoms with Crippen molar-refractivity contribution in [3.05, 3.63) is 6.20 Å². The highest BCUT2D eigenvalue weighted by atomic mass is 16.2. The van der Waals surface area contributed by atoms with Crippen molar-refractivity contribution in [1.29, 1.82) is 0 Å². The quantitative estimate of drug-likeness (QED) is 0.758. The normalized spacial score (nSPS) is 16.4. The van der Waals surface area contributed by atoms with Gasteiger partial charge in [0.1, 0.15) is 5.82 Å². The van der Waals surface area contributed by atoms with Crippen molar-refractivity contribution in [2.75, 3.05) is 36.8 Å². The highest BCUT2D eigenvalue weighted by Crippen LogP contribution is 2.24. The molecule has 106 valence electrons. The summed E-state index contributed by atoms with van der Waals surface area (Å²) in [6, 6.07) is 0. The maximum atomic E-state index is 11.5. The molecule has 3 rings (SSSR count). The number of hydrogen-bond donors (Lipinski definition) is 2. The van der Waals surface area contributed by atoms with E-state index in [4.69, 9.17) is 5.73 Å². The highest BCUT2D eigenvalue weighted by molar-refractivity contribution is 5.87. The summed E-state index contributed by atoms with van der Waals surface area (Å²) in [6.07, 6.45) is 2.61. The average Bonchev–Trinajstić information content (AvgIpc) is 2.73. The SMILES string of the molecule is CC(=O)N1CCCN(c2nc(N)nc3[nH]ncc23)CC1. The Morgan fingerprint density at radius 3 is 2.95 bits per heavy atom. The zero-order chi connectivity index (χ0) is 14.1. The Hall–Kier alpha value is -2.38. The summed E-state index contributed by atoms with van der Waals surface area (Å²) < 4.78 is 0. The highest BCUT2D eigenvalue weighted by Gasteiger charge is 2.20. The third-order valence-corrected chi connectivity index (χ3v) is 3.55. The number of H-pyrrole nitrogens is 1. The first-order valence-electron chi connectivity index (χ1n) is 6.62.